The lowest BCUT2D eigenvalue weighted by molar-refractivity contribution is -0.157. The molecule has 0 saturated heterocycles. The number of rotatable bonds is 6. The summed E-state index contributed by atoms with van der Waals surface area (Å²) in [5, 5.41) is 4.52. The second-order valence-electron chi connectivity index (χ2n) is 6.19. The highest BCUT2D eigenvalue weighted by Gasteiger charge is 2.27. The summed E-state index contributed by atoms with van der Waals surface area (Å²) in [7, 11) is 0. The Kier molecular flexibility index (Phi) is 6.46. The molecule has 0 fully saturated rings. The van der Waals surface area contributed by atoms with E-state index < -0.39 is 24.0 Å². The van der Waals surface area contributed by atoms with E-state index in [0.29, 0.717) is 5.69 Å². The number of carbonyl (C=O) groups excluding carboxylic acids is 3. The van der Waals surface area contributed by atoms with Gasteiger partial charge in [0.2, 0.25) is 0 Å². The topological polar surface area (TPSA) is 111 Å². The molecule has 8 heteroatoms. The molecule has 3 N–H and O–H groups in total. The number of hydrogen-bond donors (Lipinski definition) is 2. The van der Waals surface area contributed by atoms with Crippen LogP contribution in [-0.4, -0.2) is 29.0 Å². The lowest BCUT2D eigenvalue weighted by Gasteiger charge is -2.19. The summed E-state index contributed by atoms with van der Waals surface area (Å²) in [6.07, 6.45) is -1.15. The Balaban J connectivity index is 2.01. The van der Waals surface area contributed by atoms with E-state index in [0.717, 1.165) is 16.1 Å². The number of imide groups is 1. The lowest BCUT2D eigenvalue weighted by Crippen LogP contribution is -2.45. The van der Waals surface area contributed by atoms with Gasteiger partial charge in [0.1, 0.15) is 5.01 Å². The average molecular weight is 375 g/mol. The number of nitrogens with one attached hydrogen (secondary N) is 1. The summed E-state index contributed by atoms with van der Waals surface area (Å²) in [5.41, 5.74) is 7.63. The number of thiazole rings is 1. The number of primary amides is 1. The Morgan fingerprint density at radius 3 is 2.46 bits per heavy atom. The third-order valence-electron chi connectivity index (χ3n) is 3.54. The van der Waals surface area contributed by atoms with Gasteiger partial charge in [-0.25, -0.2) is 9.78 Å². The Bertz CT molecular complexity index is 799. The smallest absolute Gasteiger partial charge is 0.318 e. The molecule has 0 aliphatic heterocycles. The average Bonchev–Trinajstić information content (AvgIpc) is 3.00. The Hall–Kier alpha value is -2.74. The third-order valence-corrected chi connectivity index (χ3v) is 4.48. The van der Waals surface area contributed by atoms with Gasteiger partial charge < -0.3 is 10.5 Å². The fraction of sp³-hybridized carbons (Fsp3) is 0.333. The van der Waals surface area contributed by atoms with E-state index >= 15 is 0 Å². The van der Waals surface area contributed by atoms with Gasteiger partial charge in [-0.2, -0.15) is 0 Å². The molecule has 0 radical (unpaired) electrons. The largest absolute Gasteiger partial charge is 0.452 e. The van der Waals surface area contributed by atoms with Gasteiger partial charge in [-0.05, 0) is 12.8 Å². The maximum absolute atomic E-state index is 12.2. The van der Waals surface area contributed by atoms with E-state index in [2.05, 4.69) is 4.98 Å². The number of aromatic nitrogens is 1. The van der Waals surface area contributed by atoms with Crippen molar-refractivity contribution in [1.29, 1.82) is 0 Å². The zero-order valence-electron chi connectivity index (χ0n) is 14.8. The number of carbonyl (C=O) groups is 3. The Morgan fingerprint density at radius 2 is 1.88 bits per heavy atom. The number of amides is 3. The van der Waals surface area contributed by atoms with Gasteiger partial charge in [0, 0.05) is 10.9 Å². The van der Waals surface area contributed by atoms with Crippen molar-refractivity contribution in [2.24, 2.45) is 11.7 Å². The van der Waals surface area contributed by atoms with Gasteiger partial charge >= 0.3 is 12.0 Å². The number of nitrogens with two attached hydrogens (primary N) is 1. The Labute approximate surface area is 155 Å². The molecule has 1 aromatic heterocycles. The molecule has 1 heterocycles. The summed E-state index contributed by atoms with van der Waals surface area (Å²) in [5.74, 6) is -1.64. The predicted molar refractivity (Wildman–Crippen MR) is 98.4 cm³/mol. The van der Waals surface area contributed by atoms with Crippen LogP contribution in [-0.2, 0) is 20.7 Å². The minimum atomic E-state index is -1.09. The summed E-state index contributed by atoms with van der Waals surface area (Å²) >= 11 is 1.43. The molecule has 1 aromatic carbocycles. The van der Waals surface area contributed by atoms with Crippen LogP contribution in [0.25, 0.3) is 10.6 Å². The predicted octanol–water partition coefficient (Wildman–Crippen LogP) is 2.42. The normalized spacial score (nSPS) is 11.8. The number of aryl methyl sites for hydroxylation is 1. The standard InChI is InChI=1S/C18H21N3O4S/c1-10(2)15(16(23)21-18(19)24)25-14(22)8-13-9-26-17(20-13)12-6-4-11(3)5-7-12/h4-7,9-10,15H,8H2,1-3H3,(H3,19,21,23,24)/t15-/m0/s1. The highest BCUT2D eigenvalue weighted by molar-refractivity contribution is 7.13. The van der Waals surface area contributed by atoms with Crippen LogP contribution in [0.4, 0.5) is 4.79 Å². The van der Waals surface area contributed by atoms with Crippen LogP contribution in [0.15, 0.2) is 29.6 Å². The Morgan fingerprint density at radius 1 is 1.23 bits per heavy atom. The van der Waals surface area contributed by atoms with E-state index in [1.54, 1.807) is 19.2 Å². The van der Waals surface area contributed by atoms with Crippen LogP contribution in [0.5, 0.6) is 0 Å². The van der Waals surface area contributed by atoms with Crippen LogP contribution in [0.3, 0.4) is 0 Å². The summed E-state index contributed by atoms with van der Waals surface area (Å²) in [6.45, 7) is 5.42. The molecule has 0 unspecified atom stereocenters. The van der Waals surface area contributed by atoms with E-state index in [1.807, 2.05) is 36.5 Å². The quantitative estimate of drug-likeness (QED) is 0.753. The van der Waals surface area contributed by atoms with Crippen LogP contribution in [0, 0.1) is 12.8 Å². The van der Waals surface area contributed by atoms with Gasteiger partial charge in [-0.1, -0.05) is 43.7 Å². The zero-order valence-corrected chi connectivity index (χ0v) is 15.6. The molecule has 1 atom stereocenters. The van der Waals surface area contributed by atoms with Crippen molar-refractivity contribution in [3.8, 4) is 10.6 Å². The second-order valence-corrected chi connectivity index (χ2v) is 7.05. The SMILES string of the molecule is Cc1ccc(-c2nc(CC(=O)O[C@H](C(=O)NC(N)=O)C(C)C)cs2)cc1. The molecule has 2 rings (SSSR count). The monoisotopic (exact) mass is 375 g/mol. The van der Waals surface area contributed by atoms with Crippen LogP contribution in [0.2, 0.25) is 0 Å². The molecule has 0 aliphatic rings. The molecule has 2 aromatic rings. The second kappa shape index (κ2) is 8.57. The fourth-order valence-corrected chi connectivity index (χ4v) is 3.06. The maximum Gasteiger partial charge on any atom is 0.318 e. The first kappa shape index (κ1) is 19.6. The van der Waals surface area contributed by atoms with Gasteiger partial charge in [0.15, 0.2) is 6.10 Å². The molecular formula is C18H21N3O4S. The first-order valence-corrected chi connectivity index (χ1v) is 8.95. The highest BCUT2D eigenvalue weighted by Crippen LogP contribution is 2.24. The van der Waals surface area contributed by atoms with Gasteiger partial charge in [-0.15, -0.1) is 11.3 Å². The zero-order chi connectivity index (χ0) is 19.3. The van der Waals surface area contributed by atoms with Crippen LogP contribution < -0.4 is 11.1 Å². The number of ether oxygens (including phenoxy) is 1. The van der Waals surface area contributed by atoms with E-state index in [1.165, 1.54) is 11.3 Å². The minimum Gasteiger partial charge on any atom is -0.452 e. The highest BCUT2D eigenvalue weighted by atomic mass is 32.1. The van der Waals surface area contributed by atoms with Crippen molar-refractivity contribution in [3.63, 3.8) is 0 Å². The molecule has 138 valence electrons. The first-order valence-electron chi connectivity index (χ1n) is 8.07. The summed E-state index contributed by atoms with van der Waals surface area (Å²) in [6, 6.07) is 6.95. The number of benzene rings is 1. The molecular weight excluding hydrogens is 354 g/mol. The number of hydrogen-bond acceptors (Lipinski definition) is 6. The molecule has 26 heavy (non-hydrogen) atoms. The van der Waals surface area contributed by atoms with Crippen LogP contribution in [0.1, 0.15) is 25.1 Å². The number of esters is 1. The maximum atomic E-state index is 12.2. The van der Waals surface area contributed by atoms with Gasteiger partial charge in [0.25, 0.3) is 5.91 Å². The van der Waals surface area contributed by atoms with Gasteiger partial charge in [-0.3, -0.25) is 14.9 Å². The summed E-state index contributed by atoms with van der Waals surface area (Å²) < 4.78 is 5.22. The van der Waals surface area contributed by atoms with E-state index in [4.69, 9.17) is 10.5 Å². The van der Waals surface area contributed by atoms with Crippen LogP contribution >= 0.6 is 11.3 Å². The van der Waals surface area contributed by atoms with E-state index in [9.17, 15) is 14.4 Å². The number of nitrogens with zero attached hydrogens (tertiary/aromatic N) is 1. The molecule has 3 amide bonds. The summed E-state index contributed by atoms with van der Waals surface area (Å²) in [4.78, 5) is 39.3. The van der Waals surface area contributed by atoms with Crippen molar-refractivity contribution in [1.82, 2.24) is 10.3 Å². The molecule has 0 spiro atoms. The lowest BCUT2D eigenvalue weighted by atomic mass is 10.1. The third kappa shape index (κ3) is 5.38. The van der Waals surface area contributed by atoms with E-state index in [-0.39, 0.29) is 12.3 Å². The number of urea groups is 1. The van der Waals surface area contributed by atoms with Crippen molar-refractivity contribution in [3.05, 3.63) is 40.9 Å². The first-order chi connectivity index (χ1) is 12.3. The van der Waals surface area contributed by atoms with Crippen molar-refractivity contribution in [2.45, 2.75) is 33.3 Å². The molecule has 0 aliphatic carbocycles. The molecule has 0 bridgehead atoms. The van der Waals surface area contributed by atoms with Crippen molar-refractivity contribution < 1.29 is 19.1 Å². The van der Waals surface area contributed by atoms with Crippen molar-refractivity contribution >= 4 is 29.2 Å². The van der Waals surface area contributed by atoms with Gasteiger partial charge in [0.05, 0.1) is 12.1 Å². The fourth-order valence-electron chi connectivity index (χ4n) is 2.23. The molecule has 7 nitrogen and oxygen atoms in total. The minimum absolute atomic E-state index is 0.0601. The molecule has 0 saturated carbocycles. The van der Waals surface area contributed by atoms with Crippen molar-refractivity contribution in [2.75, 3.05) is 0 Å².